The number of halogens is 1. The van der Waals surface area contributed by atoms with Gasteiger partial charge in [0, 0.05) is 12.7 Å². The molecule has 0 atom stereocenters. The number of rotatable bonds is 3. The number of imide groups is 1. The summed E-state index contributed by atoms with van der Waals surface area (Å²) in [6, 6.07) is 7.40. The molecule has 9 heteroatoms. The Balaban J connectivity index is 1.95. The number of fused-ring (bicyclic) bond motifs is 1. The molecule has 1 aliphatic heterocycles. The van der Waals surface area contributed by atoms with Gasteiger partial charge in [0.1, 0.15) is 4.21 Å². The predicted molar refractivity (Wildman–Crippen MR) is 85.7 cm³/mol. The molecular weight excluding hydrogens is 392 g/mol. The Morgan fingerprint density at radius 1 is 1.09 bits per heavy atom. The van der Waals surface area contributed by atoms with E-state index < -0.39 is 21.8 Å². The fraction of sp³-hybridized carbons (Fsp3) is 0.0769. The minimum absolute atomic E-state index is 0.152. The van der Waals surface area contributed by atoms with Gasteiger partial charge in [0.2, 0.25) is 0 Å². The molecule has 0 aliphatic carbocycles. The van der Waals surface area contributed by atoms with Crippen molar-refractivity contribution in [3.05, 3.63) is 45.2 Å². The zero-order chi connectivity index (χ0) is 16.1. The van der Waals surface area contributed by atoms with Crippen LogP contribution in [-0.4, -0.2) is 32.2 Å². The molecule has 2 aromatic rings. The van der Waals surface area contributed by atoms with Gasteiger partial charge in [-0.1, -0.05) is 0 Å². The fourth-order valence-electron chi connectivity index (χ4n) is 2.07. The molecule has 22 heavy (non-hydrogen) atoms. The Morgan fingerprint density at radius 2 is 1.77 bits per heavy atom. The number of anilines is 1. The van der Waals surface area contributed by atoms with E-state index in [1.165, 1.54) is 31.3 Å². The Morgan fingerprint density at radius 3 is 2.41 bits per heavy atom. The van der Waals surface area contributed by atoms with Crippen molar-refractivity contribution in [2.45, 2.75) is 4.21 Å². The third-order valence-electron chi connectivity index (χ3n) is 3.16. The molecule has 3 rings (SSSR count). The van der Waals surface area contributed by atoms with Crippen molar-refractivity contribution in [1.29, 1.82) is 0 Å². The molecule has 0 spiro atoms. The molecule has 1 aromatic heterocycles. The summed E-state index contributed by atoms with van der Waals surface area (Å²) in [5.41, 5.74) is 0.703. The number of nitrogens with zero attached hydrogens (tertiary/aromatic N) is 1. The van der Waals surface area contributed by atoms with Crippen LogP contribution in [0.4, 0.5) is 5.69 Å². The van der Waals surface area contributed by atoms with E-state index >= 15 is 0 Å². The van der Waals surface area contributed by atoms with Gasteiger partial charge in [-0.3, -0.25) is 19.2 Å². The van der Waals surface area contributed by atoms with Crippen LogP contribution in [0.1, 0.15) is 20.7 Å². The maximum Gasteiger partial charge on any atom is 0.271 e. The second kappa shape index (κ2) is 5.18. The second-order valence-electron chi connectivity index (χ2n) is 4.59. The van der Waals surface area contributed by atoms with Crippen molar-refractivity contribution < 1.29 is 18.0 Å². The number of benzene rings is 1. The standard InChI is InChI=1S/C13H9BrN2O4S2/c1-16-12(17)8-3-2-7(6-9(8)13(16)18)15-22(19,20)11-5-4-10(14)21-11/h2-6,15H,1H3. The van der Waals surface area contributed by atoms with Gasteiger partial charge < -0.3 is 0 Å². The molecule has 2 amide bonds. The first kappa shape index (κ1) is 15.2. The first-order valence-corrected chi connectivity index (χ1v) is 9.13. The van der Waals surface area contributed by atoms with E-state index in [0.717, 1.165) is 16.2 Å². The summed E-state index contributed by atoms with van der Waals surface area (Å²) in [4.78, 5) is 24.7. The lowest BCUT2D eigenvalue weighted by Gasteiger charge is -2.07. The molecule has 0 radical (unpaired) electrons. The van der Waals surface area contributed by atoms with Crippen LogP contribution in [0.25, 0.3) is 0 Å². The number of thiophene rings is 1. The summed E-state index contributed by atoms with van der Waals surface area (Å²) in [7, 11) is -2.34. The van der Waals surface area contributed by atoms with Crippen molar-refractivity contribution in [3.63, 3.8) is 0 Å². The number of hydrogen-bond donors (Lipinski definition) is 1. The van der Waals surface area contributed by atoms with Crippen LogP contribution in [0.2, 0.25) is 0 Å². The van der Waals surface area contributed by atoms with Crippen molar-refractivity contribution in [2.24, 2.45) is 0 Å². The van der Waals surface area contributed by atoms with Crippen LogP contribution in [0, 0.1) is 0 Å². The quantitative estimate of drug-likeness (QED) is 0.802. The highest BCUT2D eigenvalue weighted by Gasteiger charge is 2.33. The Bertz CT molecular complexity index is 905. The van der Waals surface area contributed by atoms with Crippen LogP contribution in [-0.2, 0) is 10.0 Å². The van der Waals surface area contributed by atoms with Gasteiger partial charge in [-0.05, 0) is 46.3 Å². The third-order valence-corrected chi connectivity index (χ3v) is 6.65. The number of hydrogen-bond acceptors (Lipinski definition) is 5. The molecule has 0 unspecified atom stereocenters. The number of carbonyl (C=O) groups excluding carboxylic acids is 2. The highest BCUT2D eigenvalue weighted by atomic mass is 79.9. The van der Waals surface area contributed by atoms with Gasteiger partial charge in [0.15, 0.2) is 0 Å². The van der Waals surface area contributed by atoms with Crippen LogP contribution < -0.4 is 4.72 Å². The van der Waals surface area contributed by atoms with Crippen molar-refractivity contribution in [2.75, 3.05) is 11.8 Å². The molecule has 6 nitrogen and oxygen atoms in total. The maximum absolute atomic E-state index is 12.2. The molecule has 2 heterocycles. The van der Waals surface area contributed by atoms with E-state index in [2.05, 4.69) is 20.7 Å². The number of amides is 2. The van der Waals surface area contributed by atoms with E-state index in [0.29, 0.717) is 3.79 Å². The third kappa shape index (κ3) is 2.44. The van der Waals surface area contributed by atoms with E-state index in [1.807, 2.05) is 0 Å². The van der Waals surface area contributed by atoms with Gasteiger partial charge >= 0.3 is 0 Å². The highest BCUT2D eigenvalue weighted by molar-refractivity contribution is 9.11. The van der Waals surface area contributed by atoms with Crippen molar-refractivity contribution in [3.8, 4) is 0 Å². The highest BCUT2D eigenvalue weighted by Crippen LogP contribution is 2.29. The molecule has 1 aromatic carbocycles. The van der Waals surface area contributed by atoms with Crippen LogP contribution in [0.5, 0.6) is 0 Å². The van der Waals surface area contributed by atoms with Crippen molar-refractivity contribution in [1.82, 2.24) is 4.90 Å². The Labute approximate surface area is 138 Å². The van der Waals surface area contributed by atoms with Crippen LogP contribution in [0.3, 0.4) is 0 Å². The average molecular weight is 401 g/mol. The average Bonchev–Trinajstić information content (AvgIpc) is 2.99. The van der Waals surface area contributed by atoms with Gasteiger partial charge in [-0.2, -0.15) is 0 Å². The molecule has 0 fully saturated rings. The summed E-state index contributed by atoms with van der Waals surface area (Å²) in [5.74, 6) is -0.837. The zero-order valence-corrected chi connectivity index (χ0v) is 14.4. The minimum Gasteiger partial charge on any atom is -0.279 e. The Hall–Kier alpha value is -1.71. The van der Waals surface area contributed by atoms with Crippen LogP contribution >= 0.6 is 27.3 Å². The topological polar surface area (TPSA) is 83.6 Å². The number of nitrogens with one attached hydrogen (secondary N) is 1. The molecule has 0 saturated carbocycles. The largest absolute Gasteiger partial charge is 0.279 e. The monoisotopic (exact) mass is 400 g/mol. The first-order valence-electron chi connectivity index (χ1n) is 6.04. The summed E-state index contributed by atoms with van der Waals surface area (Å²) in [5, 5.41) is 0. The van der Waals surface area contributed by atoms with Gasteiger partial charge in [0.05, 0.1) is 14.9 Å². The molecule has 1 aliphatic rings. The van der Waals surface area contributed by atoms with E-state index in [-0.39, 0.29) is 21.0 Å². The zero-order valence-electron chi connectivity index (χ0n) is 11.2. The van der Waals surface area contributed by atoms with E-state index in [9.17, 15) is 18.0 Å². The lowest BCUT2D eigenvalue weighted by atomic mass is 10.1. The summed E-state index contributed by atoms with van der Waals surface area (Å²) < 4.78 is 27.7. The molecule has 1 N–H and O–H groups in total. The first-order chi connectivity index (χ1) is 10.3. The van der Waals surface area contributed by atoms with Gasteiger partial charge in [-0.15, -0.1) is 11.3 Å². The Kier molecular flexibility index (Phi) is 3.58. The smallest absolute Gasteiger partial charge is 0.271 e. The van der Waals surface area contributed by atoms with Gasteiger partial charge in [0.25, 0.3) is 21.8 Å². The number of sulfonamides is 1. The normalized spacial score (nSPS) is 14.4. The lowest BCUT2D eigenvalue weighted by Crippen LogP contribution is -2.24. The summed E-state index contributed by atoms with van der Waals surface area (Å²) in [6.07, 6.45) is 0. The molecule has 0 saturated heterocycles. The fourth-order valence-corrected chi connectivity index (χ4v) is 5.13. The number of carbonyl (C=O) groups is 2. The van der Waals surface area contributed by atoms with Gasteiger partial charge in [-0.25, -0.2) is 8.42 Å². The molecule has 0 bridgehead atoms. The summed E-state index contributed by atoms with van der Waals surface area (Å²) in [6.45, 7) is 0. The van der Waals surface area contributed by atoms with Crippen LogP contribution in [0.15, 0.2) is 38.3 Å². The van der Waals surface area contributed by atoms with E-state index in [1.54, 1.807) is 6.07 Å². The summed E-state index contributed by atoms with van der Waals surface area (Å²) >= 11 is 4.29. The maximum atomic E-state index is 12.2. The van der Waals surface area contributed by atoms with E-state index in [4.69, 9.17) is 0 Å². The lowest BCUT2D eigenvalue weighted by molar-refractivity contribution is 0.0693. The second-order valence-corrected chi connectivity index (χ2v) is 8.97. The molecular formula is C13H9BrN2O4S2. The minimum atomic E-state index is -3.73. The SMILES string of the molecule is CN1C(=O)c2ccc(NS(=O)(=O)c3ccc(Br)s3)cc2C1=O. The molecule has 114 valence electrons. The predicted octanol–water partition coefficient (Wildman–Crippen LogP) is 2.54. The van der Waals surface area contributed by atoms with Crippen molar-refractivity contribution >= 4 is 54.8 Å².